The number of rotatable bonds is 3. The molecule has 11 heteroatoms. The first-order chi connectivity index (χ1) is 7.58. The van der Waals surface area contributed by atoms with E-state index in [4.69, 9.17) is 0 Å². The van der Waals surface area contributed by atoms with Gasteiger partial charge in [-0.25, -0.2) is 4.68 Å². The topological polar surface area (TPSA) is 117 Å². The predicted octanol–water partition coefficient (Wildman–Crippen LogP) is -0.602. The van der Waals surface area contributed by atoms with Gasteiger partial charge in [0.2, 0.25) is 5.16 Å². The van der Waals surface area contributed by atoms with E-state index in [1.54, 1.807) is 14.1 Å². The Kier molecular flexibility index (Phi) is 2.52. The van der Waals surface area contributed by atoms with Crippen LogP contribution in [0.2, 0.25) is 0 Å². The monoisotopic (exact) mass is 242 g/mol. The average molecular weight is 242 g/mol. The summed E-state index contributed by atoms with van der Waals surface area (Å²) in [4.78, 5) is 13.5. The first-order valence-corrected chi connectivity index (χ1v) is 4.85. The molecule has 0 aliphatic rings. The minimum absolute atomic E-state index is 0.351. The van der Waals surface area contributed by atoms with E-state index >= 15 is 0 Å². The van der Waals surface area contributed by atoms with Crippen LogP contribution in [0.3, 0.4) is 0 Å². The summed E-state index contributed by atoms with van der Waals surface area (Å²) in [6.45, 7) is 0. The van der Waals surface area contributed by atoms with Gasteiger partial charge in [0, 0.05) is 31.0 Å². The Hall–Kier alpha value is -2.04. The highest BCUT2D eigenvalue weighted by atomic mass is 32.2. The van der Waals surface area contributed by atoms with Gasteiger partial charge in [-0.1, -0.05) is 0 Å². The maximum absolute atomic E-state index is 10.4. The van der Waals surface area contributed by atoms with Crippen molar-refractivity contribution in [2.45, 2.75) is 10.3 Å². The summed E-state index contributed by atoms with van der Waals surface area (Å²) in [7, 11) is 3.22. The van der Waals surface area contributed by atoms with E-state index < -0.39 is 10.9 Å². The molecule has 84 valence electrons. The van der Waals surface area contributed by atoms with E-state index in [0.29, 0.717) is 10.3 Å². The number of tetrazole rings is 1. The van der Waals surface area contributed by atoms with E-state index in [-0.39, 0.29) is 0 Å². The predicted molar refractivity (Wildman–Crippen MR) is 50.6 cm³/mol. The Morgan fingerprint density at radius 1 is 1.31 bits per heavy atom. The van der Waals surface area contributed by atoms with Gasteiger partial charge in [0.25, 0.3) is 5.16 Å². The van der Waals surface area contributed by atoms with Crippen molar-refractivity contribution in [3.05, 3.63) is 10.1 Å². The summed E-state index contributed by atoms with van der Waals surface area (Å²) in [5.74, 6) is -0.444. The fourth-order valence-electron chi connectivity index (χ4n) is 0.913. The summed E-state index contributed by atoms with van der Waals surface area (Å²) in [6.07, 6.45) is 0. The van der Waals surface area contributed by atoms with Gasteiger partial charge in [-0.3, -0.25) is 0 Å². The van der Waals surface area contributed by atoms with Crippen LogP contribution in [-0.4, -0.2) is 39.9 Å². The second kappa shape index (κ2) is 3.84. The number of nitrogens with zero attached hydrogens (tertiary/aromatic N) is 8. The highest BCUT2D eigenvalue weighted by molar-refractivity contribution is 7.99. The van der Waals surface area contributed by atoms with E-state index in [1.807, 2.05) is 0 Å². The molecule has 2 rings (SSSR count). The van der Waals surface area contributed by atoms with Crippen LogP contribution in [0.15, 0.2) is 10.3 Å². The standard InChI is InChI=1S/C5H6N8O2S/c1-11-4(6-3(8-11)13(14)15)16-5-7-9-10-12(5)2/h1-2H3. The van der Waals surface area contributed by atoms with Gasteiger partial charge < -0.3 is 10.1 Å². The van der Waals surface area contributed by atoms with E-state index in [1.165, 1.54) is 9.36 Å². The minimum Gasteiger partial charge on any atom is -0.390 e. The smallest absolute Gasteiger partial charge is 0.390 e. The second-order valence-corrected chi connectivity index (χ2v) is 3.70. The van der Waals surface area contributed by atoms with Gasteiger partial charge in [-0.05, 0) is 20.3 Å². The van der Waals surface area contributed by atoms with Crippen LogP contribution in [-0.2, 0) is 14.1 Å². The van der Waals surface area contributed by atoms with Crippen molar-refractivity contribution in [1.82, 2.24) is 35.0 Å². The molecule has 2 aromatic rings. The third kappa shape index (κ3) is 1.84. The largest absolute Gasteiger partial charge is 0.492 e. The quantitative estimate of drug-likeness (QED) is 0.517. The van der Waals surface area contributed by atoms with Gasteiger partial charge in [-0.2, -0.15) is 4.68 Å². The van der Waals surface area contributed by atoms with Gasteiger partial charge in [-0.15, -0.1) is 5.10 Å². The maximum Gasteiger partial charge on any atom is 0.492 e. The SMILES string of the molecule is Cn1nnnc1Sc1nc([N+](=O)[O-])nn1C. The molecule has 0 bridgehead atoms. The molecule has 0 aliphatic carbocycles. The van der Waals surface area contributed by atoms with Crippen LogP contribution >= 0.6 is 11.8 Å². The van der Waals surface area contributed by atoms with Crippen LogP contribution in [0, 0.1) is 10.1 Å². The van der Waals surface area contributed by atoms with Crippen molar-refractivity contribution in [1.29, 1.82) is 0 Å². The lowest BCUT2D eigenvalue weighted by molar-refractivity contribution is -0.394. The normalized spacial score (nSPS) is 10.6. The molecule has 0 saturated heterocycles. The zero-order valence-electron chi connectivity index (χ0n) is 8.30. The van der Waals surface area contributed by atoms with Crippen molar-refractivity contribution < 1.29 is 4.92 Å². The summed E-state index contributed by atoms with van der Waals surface area (Å²) in [5, 5.41) is 25.7. The Labute approximate surface area is 92.8 Å². The van der Waals surface area contributed by atoms with E-state index in [0.717, 1.165) is 11.8 Å². The zero-order valence-corrected chi connectivity index (χ0v) is 9.12. The van der Waals surface area contributed by atoms with Crippen LogP contribution < -0.4 is 0 Å². The van der Waals surface area contributed by atoms with Gasteiger partial charge in [0.05, 0.1) is 0 Å². The summed E-state index contributed by atoms with van der Waals surface area (Å²) >= 11 is 1.10. The molecule has 2 aromatic heterocycles. The Morgan fingerprint density at radius 3 is 2.56 bits per heavy atom. The van der Waals surface area contributed by atoms with Crippen LogP contribution in [0.5, 0.6) is 0 Å². The van der Waals surface area contributed by atoms with Gasteiger partial charge >= 0.3 is 5.95 Å². The second-order valence-electron chi connectivity index (χ2n) is 2.76. The van der Waals surface area contributed by atoms with E-state index in [9.17, 15) is 10.1 Å². The molecule has 0 aliphatic heterocycles. The molecule has 0 aromatic carbocycles. The van der Waals surface area contributed by atoms with Gasteiger partial charge in [0.1, 0.15) is 0 Å². The molecule has 0 radical (unpaired) electrons. The number of hydrogen-bond acceptors (Lipinski definition) is 8. The molecular weight excluding hydrogens is 236 g/mol. The summed E-state index contributed by atoms with van der Waals surface area (Å²) < 4.78 is 2.74. The fourth-order valence-corrected chi connectivity index (χ4v) is 1.62. The lowest BCUT2D eigenvalue weighted by atomic mass is 11.1. The lowest BCUT2D eigenvalue weighted by Crippen LogP contribution is -1.97. The molecular formula is C5H6N8O2S. The maximum atomic E-state index is 10.4. The highest BCUT2D eigenvalue weighted by Crippen LogP contribution is 2.23. The zero-order chi connectivity index (χ0) is 11.7. The number of aromatic nitrogens is 7. The fraction of sp³-hybridized carbons (Fsp3) is 0.400. The molecule has 2 heterocycles. The molecule has 0 N–H and O–H groups in total. The van der Waals surface area contributed by atoms with Gasteiger partial charge in [0.15, 0.2) is 0 Å². The molecule has 0 fully saturated rings. The molecule has 0 saturated carbocycles. The molecule has 16 heavy (non-hydrogen) atoms. The van der Waals surface area contributed by atoms with Crippen molar-refractivity contribution in [2.75, 3.05) is 0 Å². The van der Waals surface area contributed by atoms with Crippen molar-refractivity contribution in [3.63, 3.8) is 0 Å². The van der Waals surface area contributed by atoms with Crippen LogP contribution in [0.1, 0.15) is 0 Å². The number of nitro groups is 1. The number of hydrogen-bond donors (Lipinski definition) is 0. The number of aryl methyl sites for hydroxylation is 2. The van der Waals surface area contributed by atoms with Crippen LogP contribution in [0.4, 0.5) is 5.95 Å². The summed E-state index contributed by atoms with van der Waals surface area (Å²) in [5.41, 5.74) is 0. The van der Waals surface area contributed by atoms with Crippen molar-refractivity contribution in [2.24, 2.45) is 14.1 Å². The lowest BCUT2D eigenvalue weighted by Gasteiger charge is -1.92. The molecule has 0 atom stereocenters. The van der Waals surface area contributed by atoms with Crippen molar-refractivity contribution >= 4 is 17.7 Å². The molecule has 0 spiro atoms. The highest BCUT2D eigenvalue weighted by Gasteiger charge is 2.21. The third-order valence-electron chi connectivity index (χ3n) is 1.64. The first kappa shape index (κ1) is 10.5. The molecule has 0 amide bonds. The Morgan fingerprint density at radius 2 is 2.06 bits per heavy atom. The molecule has 10 nitrogen and oxygen atoms in total. The van der Waals surface area contributed by atoms with Crippen molar-refractivity contribution in [3.8, 4) is 0 Å². The van der Waals surface area contributed by atoms with Crippen LogP contribution in [0.25, 0.3) is 0 Å². The third-order valence-corrected chi connectivity index (χ3v) is 2.71. The van der Waals surface area contributed by atoms with E-state index in [2.05, 4.69) is 25.6 Å². The molecule has 0 unspecified atom stereocenters. The Bertz CT molecular complexity index is 532. The first-order valence-electron chi connectivity index (χ1n) is 4.03. The summed E-state index contributed by atoms with van der Waals surface area (Å²) in [6, 6.07) is 0. The minimum atomic E-state index is -0.654. The average Bonchev–Trinajstić information content (AvgIpc) is 2.76. The Balaban J connectivity index is 2.28.